The van der Waals surface area contributed by atoms with Gasteiger partial charge in [0.2, 0.25) is 6.79 Å². The molecule has 24 heavy (non-hydrogen) atoms. The maximum absolute atomic E-state index is 12.5. The fourth-order valence-corrected chi connectivity index (χ4v) is 2.73. The van der Waals surface area contributed by atoms with Crippen molar-refractivity contribution in [3.05, 3.63) is 78.5 Å². The second-order valence-corrected chi connectivity index (χ2v) is 5.44. The van der Waals surface area contributed by atoms with E-state index >= 15 is 0 Å². The molecule has 1 heterocycles. The van der Waals surface area contributed by atoms with Crippen LogP contribution in [0.1, 0.15) is 10.4 Å². The largest absolute Gasteiger partial charge is 0.454 e. The zero-order valence-corrected chi connectivity index (χ0v) is 12.9. The molecule has 0 bridgehead atoms. The van der Waals surface area contributed by atoms with Gasteiger partial charge >= 0.3 is 0 Å². The molecule has 0 fully saturated rings. The lowest BCUT2D eigenvalue weighted by molar-refractivity contribution is 0.104. The number of benzene rings is 3. The third-order valence-corrected chi connectivity index (χ3v) is 3.91. The molecule has 0 saturated carbocycles. The molecule has 4 rings (SSSR count). The number of hydrogen-bond donors (Lipinski definition) is 1. The average molecular weight is 317 g/mol. The van der Waals surface area contributed by atoms with Crippen LogP contribution in [0.25, 0.3) is 10.8 Å². The van der Waals surface area contributed by atoms with Crippen molar-refractivity contribution >= 4 is 22.2 Å². The van der Waals surface area contributed by atoms with E-state index in [1.54, 1.807) is 6.20 Å². The van der Waals surface area contributed by atoms with E-state index in [2.05, 4.69) is 5.32 Å². The van der Waals surface area contributed by atoms with Gasteiger partial charge in [-0.15, -0.1) is 0 Å². The number of fused-ring (bicyclic) bond motifs is 2. The molecule has 1 N–H and O–H groups in total. The number of anilines is 1. The van der Waals surface area contributed by atoms with Crippen LogP contribution in [0.3, 0.4) is 0 Å². The van der Waals surface area contributed by atoms with E-state index in [4.69, 9.17) is 9.47 Å². The van der Waals surface area contributed by atoms with E-state index in [-0.39, 0.29) is 12.6 Å². The van der Waals surface area contributed by atoms with Gasteiger partial charge in [-0.25, -0.2) is 0 Å². The van der Waals surface area contributed by atoms with Crippen LogP contribution in [-0.2, 0) is 0 Å². The maximum Gasteiger partial charge on any atom is 0.231 e. The number of carbonyl (C=O) groups is 1. The van der Waals surface area contributed by atoms with E-state index in [0.717, 1.165) is 22.2 Å². The summed E-state index contributed by atoms with van der Waals surface area (Å²) in [5, 5.41) is 5.10. The summed E-state index contributed by atoms with van der Waals surface area (Å²) >= 11 is 0. The summed E-state index contributed by atoms with van der Waals surface area (Å²) in [4.78, 5) is 12.5. The normalized spacial score (nSPS) is 12.7. The molecule has 4 nitrogen and oxygen atoms in total. The zero-order valence-electron chi connectivity index (χ0n) is 12.9. The summed E-state index contributed by atoms with van der Waals surface area (Å²) in [6.45, 7) is 0.244. The predicted octanol–water partition coefficient (Wildman–Crippen LogP) is 4.38. The summed E-state index contributed by atoms with van der Waals surface area (Å²) < 4.78 is 10.6. The summed E-state index contributed by atoms with van der Waals surface area (Å²) in [7, 11) is 0. The first kappa shape index (κ1) is 14.3. The molecule has 118 valence electrons. The third kappa shape index (κ3) is 2.70. The van der Waals surface area contributed by atoms with E-state index in [1.807, 2.05) is 60.7 Å². The van der Waals surface area contributed by atoms with Gasteiger partial charge in [0, 0.05) is 29.6 Å². The van der Waals surface area contributed by atoms with Gasteiger partial charge in [0.05, 0.1) is 0 Å². The molecule has 0 radical (unpaired) electrons. The summed E-state index contributed by atoms with van der Waals surface area (Å²) in [6.07, 6.45) is 3.17. The van der Waals surface area contributed by atoms with Crippen molar-refractivity contribution in [2.24, 2.45) is 0 Å². The summed E-state index contributed by atoms with van der Waals surface area (Å²) in [6, 6.07) is 19.2. The highest BCUT2D eigenvalue weighted by Gasteiger charge is 2.12. The third-order valence-electron chi connectivity index (χ3n) is 3.91. The molecule has 4 heteroatoms. The number of ketones is 1. The smallest absolute Gasteiger partial charge is 0.231 e. The van der Waals surface area contributed by atoms with E-state index < -0.39 is 0 Å². The van der Waals surface area contributed by atoms with Crippen LogP contribution >= 0.6 is 0 Å². The second kappa shape index (κ2) is 6.08. The van der Waals surface area contributed by atoms with Crippen LogP contribution < -0.4 is 14.8 Å². The van der Waals surface area contributed by atoms with Crippen molar-refractivity contribution in [1.82, 2.24) is 0 Å². The Morgan fingerprint density at radius 2 is 1.79 bits per heavy atom. The molecule has 3 aromatic carbocycles. The Morgan fingerprint density at radius 3 is 2.75 bits per heavy atom. The van der Waals surface area contributed by atoms with E-state index in [1.165, 1.54) is 6.08 Å². The minimum atomic E-state index is -0.0416. The first-order chi connectivity index (χ1) is 11.8. The van der Waals surface area contributed by atoms with Crippen LogP contribution in [-0.4, -0.2) is 12.6 Å². The molecule has 0 saturated heterocycles. The van der Waals surface area contributed by atoms with Crippen molar-refractivity contribution < 1.29 is 14.3 Å². The van der Waals surface area contributed by atoms with Crippen molar-refractivity contribution in [3.63, 3.8) is 0 Å². The van der Waals surface area contributed by atoms with Crippen molar-refractivity contribution in [1.29, 1.82) is 0 Å². The molecule has 0 spiro atoms. The van der Waals surface area contributed by atoms with Gasteiger partial charge in [-0.1, -0.05) is 42.5 Å². The fraction of sp³-hybridized carbons (Fsp3) is 0.0500. The predicted molar refractivity (Wildman–Crippen MR) is 93.6 cm³/mol. The Kier molecular flexibility index (Phi) is 3.63. The number of carbonyl (C=O) groups excluding carboxylic acids is 1. The number of ether oxygens (including phenoxy) is 2. The number of allylic oxidation sites excluding steroid dienone is 1. The van der Waals surface area contributed by atoms with Crippen LogP contribution in [0.4, 0.5) is 5.69 Å². The molecule has 1 aliphatic heterocycles. The van der Waals surface area contributed by atoms with Gasteiger partial charge < -0.3 is 14.8 Å². The van der Waals surface area contributed by atoms with Gasteiger partial charge in [0.1, 0.15) is 0 Å². The highest BCUT2D eigenvalue weighted by atomic mass is 16.7. The van der Waals surface area contributed by atoms with Crippen LogP contribution in [0, 0.1) is 0 Å². The van der Waals surface area contributed by atoms with Crippen LogP contribution in [0.2, 0.25) is 0 Å². The molecule has 0 atom stereocenters. The lowest BCUT2D eigenvalue weighted by atomic mass is 10.0. The molecule has 0 amide bonds. The highest BCUT2D eigenvalue weighted by Crippen LogP contribution is 2.34. The quantitative estimate of drug-likeness (QED) is 0.573. The lowest BCUT2D eigenvalue weighted by Crippen LogP contribution is -1.97. The lowest BCUT2D eigenvalue weighted by Gasteiger charge is -2.04. The Hall–Kier alpha value is -3.27. The maximum atomic E-state index is 12.5. The minimum absolute atomic E-state index is 0.0416. The van der Waals surface area contributed by atoms with E-state index in [0.29, 0.717) is 11.3 Å². The average Bonchev–Trinajstić information content (AvgIpc) is 3.09. The van der Waals surface area contributed by atoms with Gasteiger partial charge in [-0.2, -0.15) is 0 Å². The summed E-state index contributed by atoms with van der Waals surface area (Å²) in [5.74, 6) is 1.39. The van der Waals surface area contributed by atoms with Crippen molar-refractivity contribution in [2.45, 2.75) is 0 Å². The SMILES string of the molecule is O=C(C=CNc1ccc2c(c1)OCO2)c1cccc2ccccc12. The monoisotopic (exact) mass is 317 g/mol. The van der Waals surface area contributed by atoms with Gasteiger partial charge in [0.15, 0.2) is 17.3 Å². The topological polar surface area (TPSA) is 47.6 Å². The molecule has 1 aliphatic rings. The van der Waals surface area contributed by atoms with Gasteiger partial charge in [-0.05, 0) is 22.9 Å². The fourth-order valence-electron chi connectivity index (χ4n) is 2.73. The highest BCUT2D eigenvalue weighted by molar-refractivity contribution is 6.13. The number of hydrogen-bond acceptors (Lipinski definition) is 4. The van der Waals surface area contributed by atoms with Crippen molar-refractivity contribution in [2.75, 3.05) is 12.1 Å². The Bertz CT molecular complexity index is 941. The number of rotatable bonds is 4. The van der Waals surface area contributed by atoms with E-state index in [9.17, 15) is 4.79 Å². The summed E-state index contributed by atoms with van der Waals surface area (Å²) in [5.41, 5.74) is 1.53. The second-order valence-electron chi connectivity index (χ2n) is 5.44. The Morgan fingerprint density at radius 1 is 0.958 bits per heavy atom. The molecule has 0 aromatic heterocycles. The Balaban J connectivity index is 1.52. The Labute approximate surface area is 139 Å². The first-order valence-corrected chi connectivity index (χ1v) is 7.66. The standard InChI is InChI=1S/C20H15NO3/c22-18(17-7-3-5-14-4-1-2-6-16(14)17)10-11-21-15-8-9-19-20(12-15)24-13-23-19/h1-12,21H,13H2. The number of nitrogens with one attached hydrogen (secondary N) is 1. The molecule has 3 aromatic rings. The van der Waals surface area contributed by atoms with Crippen LogP contribution in [0.5, 0.6) is 11.5 Å². The molecule has 0 aliphatic carbocycles. The van der Waals surface area contributed by atoms with Crippen LogP contribution in [0.15, 0.2) is 72.9 Å². The molecular formula is C20H15NO3. The minimum Gasteiger partial charge on any atom is -0.454 e. The molecular weight excluding hydrogens is 302 g/mol. The van der Waals surface area contributed by atoms with Gasteiger partial charge in [0.25, 0.3) is 0 Å². The van der Waals surface area contributed by atoms with Crippen molar-refractivity contribution in [3.8, 4) is 11.5 Å². The molecule has 0 unspecified atom stereocenters. The first-order valence-electron chi connectivity index (χ1n) is 7.66. The van der Waals surface area contributed by atoms with Gasteiger partial charge in [-0.3, -0.25) is 4.79 Å². The zero-order chi connectivity index (χ0) is 16.4.